The van der Waals surface area contributed by atoms with E-state index < -0.39 is 0 Å². The van der Waals surface area contributed by atoms with Crippen LogP contribution in [0.2, 0.25) is 5.02 Å². The van der Waals surface area contributed by atoms with Crippen molar-refractivity contribution in [3.05, 3.63) is 47.0 Å². The van der Waals surface area contributed by atoms with Crippen molar-refractivity contribution in [1.29, 1.82) is 5.26 Å². The zero-order chi connectivity index (χ0) is 14.1. The maximum absolute atomic E-state index is 9.17. The minimum atomic E-state index is 0.461. The van der Waals surface area contributed by atoms with E-state index in [4.69, 9.17) is 17.3 Å². The van der Waals surface area contributed by atoms with Gasteiger partial charge in [-0.15, -0.1) is 11.3 Å². The zero-order valence-corrected chi connectivity index (χ0v) is 12.5. The molecule has 98 valence electrons. The number of nitrogens with two attached hydrogens (primary N) is 1. The molecule has 6 heteroatoms. The Morgan fingerprint density at radius 1 is 1.30 bits per heavy atom. The van der Waals surface area contributed by atoms with Crippen LogP contribution in [0.1, 0.15) is 5.56 Å². The van der Waals surface area contributed by atoms with E-state index in [2.05, 4.69) is 11.1 Å². The molecule has 3 rings (SSSR count). The second kappa shape index (κ2) is 5.33. The summed E-state index contributed by atoms with van der Waals surface area (Å²) in [6.07, 6.45) is 0. The molecule has 0 unspecified atom stereocenters. The summed E-state index contributed by atoms with van der Waals surface area (Å²) in [6.45, 7) is 0. The predicted molar refractivity (Wildman–Crippen MR) is 84.3 cm³/mol. The van der Waals surface area contributed by atoms with Crippen molar-refractivity contribution in [3.63, 3.8) is 0 Å². The highest BCUT2D eigenvalue weighted by molar-refractivity contribution is 8.01. The molecule has 3 nitrogen and oxygen atoms in total. The monoisotopic (exact) mass is 317 g/mol. The molecule has 0 radical (unpaired) electrons. The third-order valence-corrected chi connectivity index (χ3v) is 5.13. The van der Waals surface area contributed by atoms with E-state index in [1.54, 1.807) is 17.4 Å². The van der Waals surface area contributed by atoms with Gasteiger partial charge in [-0.05, 0) is 30.3 Å². The van der Waals surface area contributed by atoms with Gasteiger partial charge in [0.05, 0.1) is 20.8 Å². The van der Waals surface area contributed by atoms with E-state index in [0.717, 1.165) is 25.1 Å². The molecule has 0 aliphatic rings. The minimum absolute atomic E-state index is 0.461. The highest BCUT2D eigenvalue weighted by atomic mass is 35.5. The van der Waals surface area contributed by atoms with Crippen molar-refractivity contribution in [3.8, 4) is 6.07 Å². The summed E-state index contributed by atoms with van der Waals surface area (Å²) in [6, 6.07) is 13.2. The fraction of sp³-hybridized carbons (Fsp3) is 0. The van der Waals surface area contributed by atoms with Crippen LogP contribution >= 0.6 is 34.7 Å². The van der Waals surface area contributed by atoms with Crippen molar-refractivity contribution >= 4 is 50.6 Å². The Morgan fingerprint density at radius 2 is 2.15 bits per heavy atom. The molecule has 0 atom stereocenters. The number of fused-ring (bicyclic) bond motifs is 1. The first-order valence-electron chi connectivity index (χ1n) is 5.70. The first-order valence-corrected chi connectivity index (χ1v) is 7.71. The molecule has 0 saturated heterocycles. The lowest BCUT2D eigenvalue weighted by Gasteiger charge is -2.01. The predicted octanol–water partition coefficient (Wildman–Crippen LogP) is 4.55. The molecule has 1 heterocycles. The number of halogens is 1. The molecule has 0 aliphatic heterocycles. The van der Waals surface area contributed by atoms with Crippen molar-refractivity contribution < 1.29 is 0 Å². The van der Waals surface area contributed by atoms with Gasteiger partial charge < -0.3 is 5.73 Å². The Labute approximate surface area is 129 Å². The quantitative estimate of drug-likeness (QED) is 0.704. The van der Waals surface area contributed by atoms with Gasteiger partial charge in [-0.1, -0.05) is 29.4 Å². The van der Waals surface area contributed by atoms with Gasteiger partial charge in [0.2, 0.25) is 0 Å². The summed E-state index contributed by atoms with van der Waals surface area (Å²) in [5.41, 5.74) is 7.88. The van der Waals surface area contributed by atoms with Crippen LogP contribution in [0, 0.1) is 11.3 Å². The minimum Gasteiger partial charge on any atom is -0.399 e. The molecular formula is C14H8ClN3S2. The summed E-state index contributed by atoms with van der Waals surface area (Å²) in [4.78, 5) is 5.34. The van der Waals surface area contributed by atoms with Crippen LogP contribution < -0.4 is 5.73 Å². The van der Waals surface area contributed by atoms with Gasteiger partial charge in [0.1, 0.15) is 6.07 Å². The van der Waals surface area contributed by atoms with Crippen molar-refractivity contribution in [2.24, 2.45) is 0 Å². The standard InChI is InChI=1S/C14H8ClN3S2/c15-10-2-1-3-12(9(10)7-16)19-14-18-11-5-4-8(17)6-13(11)20-14/h1-6H,17H2. The van der Waals surface area contributed by atoms with Crippen LogP contribution in [0.4, 0.5) is 5.69 Å². The Kier molecular flexibility index (Phi) is 3.53. The fourth-order valence-electron chi connectivity index (χ4n) is 1.76. The van der Waals surface area contributed by atoms with Crippen molar-refractivity contribution in [1.82, 2.24) is 4.98 Å². The van der Waals surface area contributed by atoms with Crippen molar-refractivity contribution in [2.75, 3.05) is 5.73 Å². The number of anilines is 1. The van der Waals surface area contributed by atoms with Crippen LogP contribution in [-0.4, -0.2) is 4.98 Å². The number of benzene rings is 2. The largest absolute Gasteiger partial charge is 0.399 e. The molecule has 0 amide bonds. The Bertz CT molecular complexity index is 836. The van der Waals surface area contributed by atoms with Crippen LogP contribution in [0.5, 0.6) is 0 Å². The first-order chi connectivity index (χ1) is 9.67. The molecule has 0 aliphatic carbocycles. The van der Waals surface area contributed by atoms with Gasteiger partial charge in [-0.3, -0.25) is 0 Å². The lowest BCUT2D eigenvalue weighted by atomic mass is 10.2. The van der Waals surface area contributed by atoms with Crippen LogP contribution in [0.3, 0.4) is 0 Å². The van der Waals surface area contributed by atoms with E-state index in [9.17, 15) is 5.26 Å². The summed E-state index contributed by atoms with van der Waals surface area (Å²) in [7, 11) is 0. The van der Waals surface area contributed by atoms with Crippen LogP contribution in [0.25, 0.3) is 10.2 Å². The van der Waals surface area contributed by atoms with Gasteiger partial charge in [0, 0.05) is 10.6 Å². The van der Waals surface area contributed by atoms with E-state index >= 15 is 0 Å². The number of aromatic nitrogens is 1. The summed E-state index contributed by atoms with van der Waals surface area (Å²) in [5.74, 6) is 0. The average molecular weight is 318 g/mol. The number of thiazole rings is 1. The summed E-state index contributed by atoms with van der Waals surface area (Å²) < 4.78 is 1.90. The first kappa shape index (κ1) is 13.3. The maximum atomic E-state index is 9.17. The molecule has 3 aromatic rings. The molecule has 0 saturated carbocycles. The van der Waals surface area contributed by atoms with Gasteiger partial charge in [-0.2, -0.15) is 5.26 Å². The van der Waals surface area contributed by atoms with E-state index in [1.165, 1.54) is 11.8 Å². The van der Waals surface area contributed by atoms with Crippen LogP contribution in [0.15, 0.2) is 45.6 Å². The molecular weight excluding hydrogens is 310 g/mol. The molecule has 0 bridgehead atoms. The highest BCUT2D eigenvalue weighted by Crippen LogP contribution is 2.37. The normalized spacial score (nSPS) is 10.6. The smallest absolute Gasteiger partial charge is 0.155 e. The van der Waals surface area contributed by atoms with Gasteiger partial charge >= 0.3 is 0 Å². The van der Waals surface area contributed by atoms with Gasteiger partial charge in [-0.25, -0.2) is 4.98 Å². The summed E-state index contributed by atoms with van der Waals surface area (Å²) >= 11 is 9.02. The lowest BCUT2D eigenvalue weighted by molar-refractivity contribution is 1.28. The zero-order valence-electron chi connectivity index (χ0n) is 10.1. The highest BCUT2D eigenvalue weighted by Gasteiger charge is 2.11. The Balaban J connectivity index is 2.02. The van der Waals surface area contributed by atoms with E-state index in [1.807, 2.05) is 30.3 Å². The number of hydrogen-bond acceptors (Lipinski definition) is 5. The third kappa shape index (κ3) is 2.46. The SMILES string of the molecule is N#Cc1c(Cl)cccc1Sc1nc2ccc(N)cc2s1. The van der Waals surface area contributed by atoms with E-state index in [0.29, 0.717) is 10.6 Å². The lowest BCUT2D eigenvalue weighted by Crippen LogP contribution is -1.82. The molecule has 20 heavy (non-hydrogen) atoms. The molecule has 0 fully saturated rings. The molecule has 2 N–H and O–H groups in total. The second-order valence-electron chi connectivity index (χ2n) is 4.03. The van der Waals surface area contributed by atoms with Gasteiger partial charge in [0.25, 0.3) is 0 Å². The maximum Gasteiger partial charge on any atom is 0.155 e. The fourth-order valence-corrected chi connectivity index (χ4v) is 4.22. The van der Waals surface area contributed by atoms with Crippen LogP contribution in [-0.2, 0) is 0 Å². The number of nitriles is 1. The van der Waals surface area contributed by atoms with E-state index in [-0.39, 0.29) is 0 Å². The Hall–Kier alpha value is -1.74. The molecule has 2 aromatic carbocycles. The molecule has 0 spiro atoms. The number of hydrogen-bond donors (Lipinski definition) is 1. The molecule has 1 aromatic heterocycles. The number of nitrogen functional groups attached to an aromatic ring is 1. The number of nitrogens with zero attached hydrogens (tertiary/aromatic N) is 2. The summed E-state index contributed by atoms with van der Waals surface area (Å²) in [5, 5.41) is 9.63. The Morgan fingerprint density at radius 3 is 2.95 bits per heavy atom. The topological polar surface area (TPSA) is 62.7 Å². The van der Waals surface area contributed by atoms with Crippen molar-refractivity contribution in [2.45, 2.75) is 9.24 Å². The third-order valence-electron chi connectivity index (χ3n) is 2.68. The van der Waals surface area contributed by atoms with Gasteiger partial charge in [0.15, 0.2) is 4.34 Å². The second-order valence-corrected chi connectivity index (χ2v) is 6.76. The number of rotatable bonds is 2. The average Bonchev–Trinajstić information content (AvgIpc) is 2.80.